The molecule has 1 N–H and O–H groups in total. The van der Waals surface area contributed by atoms with E-state index in [-0.39, 0.29) is 23.7 Å². The second-order valence-electron chi connectivity index (χ2n) is 5.65. The van der Waals surface area contributed by atoms with Crippen molar-refractivity contribution in [3.8, 4) is 0 Å². The van der Waals surface area contributed by atoms with Gasteiger partial charge in [0.25, 0.3) is 0 Å². The molecule has 0 radical (unpaired) electrons. The van der Waals surface area contributed by atoms with Crippen LogP contribution in [-0.2, 0) is 11.3 Å². The Morgan fingerprint density at radius 2 is 2.05 bits per heavy atom. The lowest BCUT2D eigenvalue weighted by Gasteiger charge is -2.37. The fraction of sp³-hybridized carbons (Fsp3) is 0.562. The van der Waals surface area contributed by atoms with Crippen LogP contribution in [0.25, 0.3) is 0 Å². The number of carbonyl (C=O) groups excluding carboxylic acids is 1. The summed E-state index contributed by atoms with van der Waals surface area (Å²) in [6, 6.07) is 10.2. The summed E-state index contributed by atoms with van der Waals surface area (Å²) in [6.45, 7) is 7.47. The SMILES string of the molecule is CCN(Cc1ccccc1)C(=O)C1(C)CCCNC1.Cl. The van der Waals surface area contributed by atoms with E-state index in [1.807, 2.05) is 23.1 Å². The van der Waals surface area contributed by atoms with E-state index in [9.17, 15) is 4.79 Å². The number of rotatable bonds is 4. The van der Waals surface area contributed by atoms with Gasteiger partial charge in [-0.2, -0.15) is 0 Å². The molecule has 1 unspecified atom stereocenters. The molecule has 4 heteroatoms. The summed E-state index contributed by atoms with van der Waals surface area (Å²) in [5.74, 6) is 0.283. The molecule has 20 heavy (non-hydrogen) atoms. The topological polar surface area (TPSA) is 32.3 Å². The van der Waals surface area contributed by atoms with Crippen molar-refractivity contribution >= 4 is 18.3 Å². The number of hydrogen-bond donors (Lipinski definition) is 1. The summed E-state index contributed by atoms with van der Waals surface area (Å²) in [4.78, 5) is 14.7. The van der Waals surface area contributed by atoms with E-state index in [0.717, 1.165) is 32.5 Å². The number of halogens is 1. The van der Waals surface area contributed by atoms with Gasteiger partial charge in [0.15, 0.2) is 0 Å². The second kappa shape index (κ2) is 7.65. The standard InChI is InChI=1S/C16H24N2O.ClH/c1-3-18(12-14-8-5-4-6-9-14)15(19)16(2)10-7-11-17-13-16;/h4-6,8-9,17H,3,7,10-13H2,1-2H3;1H. The van der Waals surface area contributed by atoms with Crippen molar-refractivity contribution in [2.24, 2.45) is 5.41 Å². The number of nitrogens with zero attached hydrogens (tertiary/aromatic N) is 1. The highest BCUT2D eigenvalue weighted by Crippen LogP contribution is 2.28. The van der Waals surface area contributed by atoms with Crippen LogP contribution in [0.5, 0.6) is 0 Å². The van der Waals surface area contributed by atoms with Crippen molar-refractivity contribution in [3.05, 3.63) is 35.9 Å². The molecule has 1 atom stereocenters. The zero-order valence-electron chi connectivity index (χ0n) is 12.4. The first-order valence-corrected chi connectivity index (χ1v) is 7.20. The molecule has 1 aliphatic rings. The Hall–Kier alpha value is -1.06. The first-order valence-electron chi connectivity index (χ1n) is 7.20. The average molecular weight is 297 g/mol. The van der Waals surface area contributed by atoms with Gasteiger partial charge in [-0.05, 0) is 38.8 Å². The van der Waals surface area contributed by atoms with Crippen molar-refractivity contribution in [2.45, 2.75) is 33.2 Å². The molecular formula is C16H25ClN2O. The van der Waals surface area contributed by atoms with Crippen LogP contribution in [-0.4, -0.2) is 30.4 Å². The Morgan fingerprint density at radius 3 is 2.60 bits per heavy atom. The van der Waals surface area contributed by atoms with Crippen LogP contribution in [0, 0.1) is 5.41 Å². The molecule has 0 spiro atoms. The molecule has 0 bridgehead atoms. The van der Waals surface area contributed by atoms with Crippen LogP contribution in [0.2, 0.25) is 0 Å². The highest BCUT2D eigenvalue weighted by atomic mass is 35.5. The third-order valence-electron chi connectivity index (χ3n) is 4.00. The van der Waals surface area contributed by atoms with Crippen LogP contribution >= 0.6 is 12.4 Å². The molecule has 1 aromatic carbocycles. The van der Waals surface area contributed by atoms with Gasteiger partial charge in [-0.3, -0.25) is 4.79 Å². The Bertz CT molecular complexity index is 416. The maximum Gasteiger partial charge on any atom is 0.230 e. The summed E-state index contributed by atoms with van der Waals surface area (Å²) in [7, 11) is 0. The van der Waals surface area contributed by atoms with Crippen molar-refractivity contribution in [1.82, 2.24) is 10.2 Å². The zero-order valence-corrected chi connectivity index (χ0v) is 13.2. The molecule has 1 fully saturated rings. The van der Waals surface area contributed by atoms with Gasteiger partial charge < -0.3 is 10.2 Å². The van der Waals surface area contributed by atoms with Crippen LogP contribution < -0.4 is 5.32 Å². The summed E-state index contributed by atoms with van der Waals surface area (Å²) in [5, 5.41) is 3.35. The third-order valence-corrected chi connectivity index (χ3v) is 4.00. The average Bonchev–Trinajstić information content (AvgIpc) is 2.46. The number of nitrogens with one attached hydrogen (secondary N) is 1. The lowest BCUT2D eigenvalue weighted by atomic mass is 9.81. The van der Waals surface area contributed by atoms with Crippen molar-refractivity contribution < 1.29 is 4.79 Å². The van der Waals surface area contributed by atoms with Crippen LogP contribution in [0.3, 0.4) is 0 Å². The van der Waals surface area contributed by atoms with Gasteiger partial charge in [0.05, 0.1) is 5.41 Å². The second-order valence-corrected chi connectivity index (χ2v) is 5.65. The fourth-order valence-electron chi connectivity index (χ4n) is 2.75. The van der Waals surface area contributed by atoms with E-state index in [0.29, 0.717) is 6.54 Å². The maximum atomic E-state index is 12.7. The Balaban J connectivity index is 0.00000200. The van der Waals surface area contributed by atoms with Crippen LogP contribution in [0.15, 0.2) is 30.3 Å². The minimum absolute atomic E-state index is 0. The molecule has 1 aliphatic heterocycles. The first-order chi connectivity index (χ1) is 9.15. The smallest absolute Gasteiger partial charge is 0.230 e. The normalized spacial score (nSPS) is 21.9. The van der Waals surface area contributed by atoms with Crippen molar-refractivity contribution in [3.63, 3.8) is 0 Å². The molecule has 0 saturated carbocycles. The number of benzene rings is 1. The molecule has 1 amide bonds. The molecule has 2 rings (SSSR count). The highest BCUT2D eigenvalue weighted by Gasteiger charge is 2.37. The summed E-state index contributed by atoms with van der Waals surface area (Å²) < 4.78 is 0. The van der Waals surface area contributed by atoms with E-state index >= 15 is 0 Å². The van der Waals surface area contributed by atoms with E-state index < -0.39 is 0 Å². The largest absolute Gasteiger partial charge is 0.338 e. The molecule has 0 aliphatic carbocycles. The summed E-state index contributed by atoms with van der Waals surface area (Å²) in [6.07, 6.45) is 2.08. The molecule has 3 nitrogen and oxygen atoms in total. The van der Waals surface area contributed by atoms with E-state index in [4.69, 9.17) is 0 Å². The van der Waals surface area contributed by atoms with Gasteiger partial charge in [-0.25, -0.2) is 0 Å². The van der Waals surface area contributed by atoms with Crippen LogP contribution in [0.4, 0.5) is 0 Å². The molecule has 1 saturated heterocycles. The fourth-order valence-corrected chi connectivity index (χ4v) is 2.75. The predicted molar refractivity (Wildman–Crippen MR) is 85.0 cm³/mol. The Labute approximate surface area is 128 Å². The van der Waals surface area contributed by atoms with Gasteiger partial charge >= 0.3 is 0 Å². The van der Waals surface area contributed by atoms with Gasteiger partial charge in [-0.15, -0.1) is 12.4 Å². The predicted octanol–water partition coefficient (Wildman–Crippen LogP) is 2.85. The minimum atomic E-state index is -0.233. The Kier molecular flexibility index (Phi) is 6.50. The lowest BCUT2D eigenvalue weighted by molar-refractivity contribution is -0.142. The number of piperidine rings is 1. The monoisotopic (exact) mass is 296 g/mol. The van der Waals surface area contributed by atoms with Gasteiger partial charge in [-0.1, -0.05) is 30.3 Å². The summed E-state index contributed by atoms with van der Waals surface area (Å²) in [5.41, 5.74) is 0.966. The van der Waals surface area contributed by atoms with Gasteiger partial charge in [0.2, 0.25) is 5.91 Å². The molecule has 112 valence electrons. The summed E-state index contributed by atoms with van der Waals surface area (Å²) >= 11 is 0. The van der Waals surface area contributed by atoms with E-state index in [1.54, 1.807) is 0 Å². The maximum absolute atomic E-state index is 12.7. The lowest BCUT2D eigenvalue weighted by Crippen LogP contribution is -2.50. The van der Waals surface area contributed by atoms with Crippen LogP contribution in [0.1, 0.15) is 32.3 Å². The van der Waals surface area contributed by atoms with Gasteiger partial charge in [0, 0.05) is 19.6 Å². The van der Waals surface area contributed by atoms with Crippen molar-refractivity contribution in [1.29, 1.82) is 0 Å². The van der Waals surface area contributed by atoms with E-state index in [2.05, 4.69) is 31.3 Å². The molecule has 1 heterocycles. The van der Waals surface area contributed by atoms with Gasteiger partial charge in [0.1, 0.15) is 0 Å². The van der Waals surface area contributed by atoms with E-state index in [1.165, 1.54) is 5.56 Å². The molecule has 1 aromatic rings. The number of amides is 1. The number of hydrogen-bond acceptors (Lipinski definition) is 2. The molecular weight excluding hydrogens is 272 g/mol. The minimum Gasteiger partial charge on any atom is -0.338 e. The number of carbonyl (C=O) groups is 1. The third kappa shape index (κ3) is 3.97. The Morgan fingerprint density at radius 1 is 1.35 bits per heavy atom. The molecule has 0 aromatic heterocycles. The first kappa shape index (κ1) is 17.0. The quantitative estimate of drug-likeness (QED) is 0.926. The van der Waals surface area contributed by atoms with Crippen molar-refractivity contribution in [2.75, 3.05) is 19.6 Å². The highest BCUT2D eigenvalue weighted by molar-refractivity contribution is 5.85. The zero-order chi connectivity index (χ0) is 13.7.